The molecule has 0 amide bonds. The number of carbonyl (C=O) groups is 1. The SMILES string of the molecule is CC(C)N(CCCCC(=O)Cc1ccc(C(C)(C)C)cc1)C[C@H]1O[C@@H](n2cnc3c(N(C)C)ccnc32)[C@H](O)[C@@H]1O. The summed E-state index contributed by atoms with van der Waals surface area (Å²) in [5, 5.41) is 21.8. The molecule has 9 heteroatoms. The molecule has 3 heterocycles. The van der Waals surface area contributed by atoms with Gasteiger partial charge in [0.05, 0.1) is 12.0 Å². The fraction of sp³-hybridized carbons (Fsp3) is 0.594. The summed E-state index contributed by atoms with van der Waals surface area (Å²) in [7, 11) is 3.88. The molecule has 0 aliphatic carbocycles. The minimum atomic E-state index is -1.11. The van der Waals surface area contributed by atoms with E-state index in [0.717, 1.165) is 30.6 Å². The van der Waals surface area contributed by atoms with Gasteiger partial charge in [-0.05, 0) is 55.8 Å². The Balaban J connectivity index is 1.30. The number of anilines is 1. The second-order valence-electron chi connectivity index (χ2n) is 12.8. The van der Waals surface area contributed by atoms with Crippen molar-refractivity contribution < 1.29 is 19.7 Å². The van der Waals surface area contributed by atoms with Crippen molar-refractivity contribution in [3.05, 3.63) is 54.0 Å². The van der Waals surface area contributed by atoms with Gasteiger partial charge in [0.25, 0.3) is 0 Å². The lowest BCUT2D eigenvalue weighted by Crippen LogP contribution is -2.43. The number of pyridine rings is 1. The molecule has 0 spiro atoms. The minimum Gasteiger partial charge on any atom is -0.387 e. The van der Waals surface area contributed by atoms with E-state index in [0.29, 0.717) is 30.6 Å². The number of benzene rings is 1. The van der Waals surface area contributed by atoms with E-state index in [1.807, 2.05) is 25.1 Å². The minimum absolute atomic E-state index is 0.102. The third kappa shape index (κ3) is 7.33. The highest BCUT2D eigenvalue weighted by atomic mass is 16.6. The molecule has 0 unspecified atom stereocenters. The zero-order valence-electron chi connectivity index (χ0n) is 25.6. The molecule has 41 heavy (non-hydrogen) atoms. The van der Waals surface area contributed by atoms with Gasteiger partial charge in [0, 0.05) is 45.7 Å². The van der Waals surface area contributed by atoms with Crippen molar-refractivity contribution in [2.45, 2.75) is 96.3 Å². The monoisotopic (exact) mass is 565 g/mol. The van der Waals surface area contributed by atoms with Gasteiger partial charge in [0.15, 0.2) is 11.9 Å². The third-order valence-corrected chi connectivity index (χ3v) is 8.05. The summed E-state index contributed by atoms with van der Waals surface area (Å²) in [6.07, 6.45) is 2.52. The number of rotatable bonds is 12. The number of fused-ring (bicyclic) bond motifs is 1. The first-order valence-corrected chi connectivity index (χ1v) is 14.7. The van der Waals surface area contributed by atoms with Crippen LogP contribution in [0.3, 0.4) is 0 Å². The fourth-order valence-corrected chi connectivity index (χ4v) is 5.44. The van der Waals surface area contributed by atoms with Crippen molar-refractivity contribution in [3.63, 3.8) is 0 Å². The lowest BCUT2D eigenvalue weighted by atomic mass is 9.86. The van der Waals surface area contributed by atoms with Crippen LogP contribution in [0.1, 0.15) is 71.2 Å². The van der Waals surface area contributed by atoms with Gasteiger partial charge in [-0.3, -0.25) is 14.3 Å². The average molecular weight is 566 g/mol. The van der Waals surface area contributed by atoms with Crippen molar-refractivity contribution in [2.75, 3.05) is 32.1 Å². The molecular weight excluding hydrogens is 518 g/mol. The Hall–Kier alpha value is -2.85. The van der Waals surface area contributed by atoms with E-state index >= 15 is 0 Å². The quantitative estimate of drug-likeness (QED) is 0.316. The Labute approximate surface area is 244 Å². The molecule has 4 atom stereocenters. The van der Waals surface area contributed by atoms with Crippen molar-refractivity contribution in [1.82, 2.24) is 19.4 Å². The first-order chi connectivity index (χ1) is 19.4. The summed E-state index contributed by atoms with van der Waals surface area (Å²) >= 11 is 0. The molecule has 9 nitrogen and oxygen atoms in total. The lowest BCUT2D eigenvalue weighted by Gasteiger charge is -2.30. The van der Waals surface area contributed by atoms with E-state index < -0.39 is 24.5 Å². The maximum Gasteiger partial charge on any atom is 0.165 e. The number of carbonyl (C=O) groups excluding carboxylic acids is 1. The van der Waals surface area contributed by atoms with Crippen molar-refractivity contribution >= 4 is 22.6 Å². The number of hydrogen-bond donors (Lipinski definition) is 2. The summed E-state index contributed by atoms with van der Waals surface area (Å²) in [6, 6.07) is 10.5. The van der Waals surface area contributed by atoms with Gasteiger partial charge in [0.1, 0.15) is 29.6 Å². The number of aliphatic hydroxyl groups excluding tert-OH is 2. The molecule has 0 bridgehead atoms. The van der Waals surface area contributed by atoms with E-state index in [9.17, 15) is 15.0 Å². The van der Waals surface area contributed by atoms with Crippen molar-refractivity contribution in [2.24, 2.45) is 0 Å². The summed E-state index contributed by atoms with van der Waals surface area (Å²) in [4.78, 5) is 25.8. The van der Waals surface area contributed by atoms with Crippen LogP contribution in [0.15, 0.2) is 42.9 Å². The van der Waals surface area contributed by atoms with Crippen LogP contribution in [-0.2, 0) is 21.4 Å². The number of aromatic nitrogens is 3. The summed E-state index contributed by atoms with van der Waals surface area (Å²) in [6.45, 7) is 12.0. The topological polar surface area (TPSA) is 104 Å². The number of hydrogen-bond acceptors (Lipinski definition) is 8. The van der Waals surface area contributed by atoms with E-state index in [2.05, 4.69) is 73.8 Å². The Morgan fingerprint density at radius 1 is 1.05 bits per heavy atom. The maximum atomic E-state index is 12.6. The maximum absolute atomic E-state index is 12.6. The average Bonchev–Trinajstić information content (AvgIpc) is 3.46. The van der Waals surface area contributed by atoms with Crippen LogP contribution in [0.2, 0.25) is 0 Å². The van der Waals surface area contributed by atoms with Gasteiger partial charge in [-0.25, -0.2) is 9.97 Å². The Morgan fingerprint density at radius 2 is 1.76 bits per heavy atom. The molecule has 0 radical (unpaired) electrons. The standard InChI is InChI=1S/C32H47N5O4/c1-21(2)36(17-9-8-10-24(38)18-22-11-13-23(14-12-22)32(3,4)5)19-26-28(39)29(40)31(41-26)37-20-34-27-25(35(6)7)15-16-33-30(27)37/h11-16,20-21,26,28-29,31,39-40H,8-10,17-19H2,1-7H3/t26-,28-,29-,31-/m1/s1. The van der Waals surface area contributed by atoms with Gasteiger partial charge in [0.2, 0.25) is 0 Å². The van der Waals surface area contributed by atoms with Crippen LogP contribution in [-0.4, -0.2) is 87.0 Å². The normalized spacial score (nSPS) is 21.3. The number of ether oxygens (including phenoxy) is 1. The number of ketones is 1. The molecule has 2 aromatic heterocycles. The number of unbranched alkanes of at least 4 members (excludes halogenated alkanes) is 1. The molecule has 3 aromatic rings. The summed E-state index contributed by atoms with van der Waals surface area (Å²) < 4.78 is 7.94. The van der Waals surface area contributed by atoms with E-state index in [1.54, 1.807) is 17.1 Å². The van der Waals surface area contributed by atoms with Crippen LogP contribution in [0.5, 0.6) is 0 Å². The van der Waals surface area contributed by atoms with Crippen molar-refractivity contribution in [3.8, 4) is 0 Å². The molecule has 1 saturated heterocycles. The Kier molecular flexibility index (Phi) is 9.85. The molecule has 1 aliphatic heterocycles. The van der Waals surface area contributed by atoms with Gasteiger partial charge in [-0.2, -0.15) is 0 Å². The summed E-state index contributed by atoms with van der Waals surface area (Å²) in [5.41, 5.74) is 4.67. The Morgan fingerprint density at radius 3 is 2.39 bits per heavy atom. The second-order valence-corrected chi connectivity index (χ2v) is 12.8. The first kappa shape index (κ1) is 31.1. The van der Waals surface area contributed by atoms with E-state index in [-0.39, 0.29) is 17.2 Å². The molecule has 2 N–H and O–H groups in total. The highest BCUT2D eigenvalue weighted by molar-refractivity contribution is 5.85. The van der Waals surface area contributed by atoms with Crippen LogP contribution in [0.25, 0.3) is 11.2 Å². The molecule has 1 fully saturated rings. The highest BCUT2D eigenvalue weighted by Crippen LogP contribution is 2.33. The predicted molar refractivity (Wildman–Crippen MR) is 162 cm³/mol. The van der Waals surface area contributed by atoms with E-state index in [1.165, 1.54) is 5.56 Å². The fourth-order valence-electron chi connectivity index (χ4n) is 5.44. The van der Waals surface area contributed by atoms with Crippen LogP contribution in [0.4, 0.5) is 5.69 Å². The Bertz CT molecular complexity index is 1300. The molecular formula is C32H47N5O4. The molecule has 1 aromatic carbocycles. The van der Waals surface area contributed by atoms with Crippen LogP contribution < -0.4 is 4.90 Å². The van der Waals surface area contributed by atoms with Gasteiger partial charge < -0.3 is 19.8 Å². The lowest BCUT2D eigenvalue weighted by molar-refractivity contribution is -0.118. The van der Waals surface area contributed by atoms with Crippen molar-refractivity contribution in [1.29, 1.82) is 0 Å². The molecule has 1 aliphatic rings. The highest BCUT2D eigenvalue weighted by Gasteiger charge is 2.45. The number of imidazole rings is 1. The number of Topliss-reactive ketones (excluding diaryl/α,β-unsaturated/α-hetero) is 1. The molecule has 224 valence electrons. The van der Waals surface area contributed by atoms with Gasteiger partial charge in [-0.15, -0.1) is 0 Å². The first-order valence-electron chi connectivity index (χ1n) is 14.7. The van der Waals surface area contributed by atoms with Crippen LogP contribution in [0, 0.1) is 0 Å². The van der Waals surface area contributed by atoms with Crippen LogP contribution >= 0.6 is 0 Å². The van der Waals surface area contributed by atoms with E-state index in [4.69, 9.17) is 4.74 Å². The zero-order chi connectivity index (χ0) is 29.9. The smallest absolute Gasteiger partial charge is 0.165 e. The molecule has 4 rings (SSSR count). The third-order valence-electron chi connectivity index (χ3n) is 8.05. The predicted octanol–water partition coefficient (Wildman–Crippen LogP) is 4.11. The molecule has 0 saturated carbocycles. The van der Waals surface area contributed by atoms with Gasteiger partial charge >= 0.3 is 0 Å². The number of nitrogens with zero attached hydrogens (tertiary/aromatic N) is 5. The van der Waals surface area contributed by atoms with Gasteiger partial charge in [-0.1, -0.05) is 45.0 Å². The second kappa shape index (κ2) is 13.0. The number of aliphatic hydroxyl groups is 2. The largest absolute Gasteiger partial charge is 0.387 e. The summed E-state index contributed by atoms with van der Waals surface area (Å²) in [5.74, 6) is 0.253. The zero-order valence-corrected chi connectivity index (χ0v) is 25.6.